The Bertz CT molecular complexity index is 500. The highest BCUT2D eigenvalue weighted by molar-refractivity contribution is 6.35. The van der Waals surface area contributed by atoms with Gasteiger partial charge >= 0.3 is 11.8 Å². The van der Waals surface area contributed by atoms with Crippen molar-refractivity contribution in [2.75, 3.05) is 20.3 Å². The molecule has 0 aliphatic carbocycles. The maximum atomic E-state index is 11.8. The zero-order chi connectivity index (χ0) is 17.2. The number of carbonyl (C=O) groups excluding carboxylic acids is 2. The molecule has 0 aliphatic rings. The quantitative estimate of drug-likeness (QED) is 0.565. The number of ether oxygens (including phenoxy) is 2. The molecule has 0 spiro atoms. The molecule has 1 aromatic carbocycles. The van der Waals surface area contributed by atoms with E-state index in [2.05, 4.69) is 10.6 Å². The SMILES string of the molecule is COc1ccc(C(C)NC(=O)C(=O)NCCCOC(C)C)cc1. The fraction of sp³-hybridized carbons (Fsp3) is 0.529. The van der Waals surface area contributed by atoms with E-state index < -0.39 is 11.8 Å². The molecule has 0 aliphatic heterocycles. The third-order valence-corrected chi connectivity index (χ3v) is 3.23. The maximum Gasteiger partial charge on any atom is 0.309 e. The fourth-order valence-corrected chi connectivity index (χ4v) is 1.91. The molecule has 0 bridgehead atoms. The Balaban J connectivity index is 2.34. The molecule has 0 heterocycles. The summed E-state index contributed by atoms with van der Waals surface area (Å²) in [4.78, 5) is 23.6. The second kappa shape index (κ2) is 9.84. The van der Waals surface area contributed by atoms with Crippen LogP contribution in [-0.2, 0) is 14.3 Å². The average Bonchev–Trinajstić information content (AvgIpc) is 2.53. The van der Waals surface area contributed by atoms with Crippen LogP contribution in [0.3, 0.4) is 0 Å². The number of benzene rings is 1. The molecule has 2 N–H and O–H groups in total. The van der Waals surface area contributed by atoms with E-state index in [0.717, 1.165) is 11.3 Å². The highest BCUT2D eigenvalue weighted by Gasteiger charge is 2.16. The molecule has 0 aromatic heterocycles. The number of nitrogens with one attached hydrogen (secondary N) is 2. The second-order valence-electron chi connectivity index (χ2n) is 5.50. The highest BCUT2D eigenvalue weighted by Crippen LogP contribution is 2.16. The van der Waals surface area contributed by atoms with Gasteiger partial charge in [-0.25, -0.2) is 0 Å². The van der Waals surface area contributed by atoms with E-state index in [1.54, 1.807) is 7.11 Å². The molecule has 0 fully saturated rings. The predicted molar refractivity (Wildman–Crippen MR) is 88.3 cm³/mol. The third-order valence-electron chi connectivity index (χ3n) is 3.23. The van der Waals surface area contributed by atoms with Crippen molar-refractivity contribution in [3.05, 3.63) is 29.8 Å². The van der Waals surface area contributed by atoms with Gasteiger partial charge in [-0.05, 0) is 44.9 Å². The van der Waals surface area contributed by atoms with Gasteiger partial charge in [-0.1, -0.05) is 12.1 Å². The van der Waals surface area contributed by atoms with Crippen molar-refractivity contribution >= 4 is 11.8 Å². The van der Waals surface area contributed by atoms with Crippen LogP contribution in [0.2, 0.25) is 0 Å². The molecule has 0 saturated carbocycles. The summed E-state index contributed by atoms with van der Waals surface area (Å²) in [6.07, 6.45) is 0.838. The Morgan fingerprint density at radius 2 is 1.74 bits per heavy atom. The lowest BCUT2D eigenvalue weighted by Gasteiger charge is -2.14. The van der Waals surface area contributed by atoms with Crippen molar-refractivity contribution in [1.29, 1.82) is 0 Å². The molecule has 0 saturated heterocycles. The summed E-state index contributed by atoms with van der Waals surface area (Å²) in [7, 11) is 1.59. The monoisotopic (exact) mass is 322 g/mol. The average molecular weight is 322 g/mol. The van der Waals surface area contributed by atoms with Gasteiger partial charge < -0.3 is 20.1 Å². The van der Waals surface area contributed by atoms with Crippen molar-refractivity contribution in [2.45, 2.75) is 39.3 Å². The summed E-state index contributed by atoms with van der Waals surface area (Å²) >= 11 is 0. The van der Waals surface area contributed by atoms with E-state index in [0.29, 0.717) is 19.6 Å². The summed E-state index contributed by atoms with van der Waals surface area (Å²) in [5, 5.41) is 5.25. The van der Waals surface area contributed by atoms with Crippen LogP contribution in [0.15, 0.2) is 24.3 Å². The first-order valence-corrected chi connectivity index (χ1v) is 7.78. The van der Waals surface area contributed by atoms with Crippen LogP contribution in [0.5, 0.6) is 5.75 Å². The van der Waals surface area contributed by atoms with Crippen LogP contribution in [0.1, 0.15) is 38.8 Å². The first-order chi connectivity index (χ1) is 10.9. The van der Waals surface area contributed by atoms with Crippen LogP contribution in [-0.4, -0.2) is 38.2 Å². The normalized spacial score (nSPS) is 11.9. The molecule has 23 heavy (non-hydrogen) atoms. The summed E-state index contributed by atoms with van der Waals surface area (Å²) in [5.41, 5.74) is 0.900. The molecular weight excluding hydrogens is 296 g/mol. The Morgan fingerprint density at radius 1 is 1.09 bits per heavy atom. The van der Waals surface area contributed by atoms with E-state index in [1.807, 2.05) is 45.0 Å². The third kappa shape index (κ3) is 7.15. The van der Waals surface area contributed by atoms with Crippen molar-refractivity contribution in [3.8, 4) is 5.75 Å². The molecular formula is C17H26N2O4. The topological polar surface area (TPSA) is 76.7 Å². The van der Waals surface area contributed by atoms with Gasteiger partial charge in [0.1, 0.15) is 5.75 Å². The number of amides is 2. The van der Waals surface area contributed by atoms with E-state index in [1.165, 1.54) is 0 Å². The maximum absolute atomic E-state index is 11.8. The lowest BCUT2D eigenvalue weighted by Crippen LogP contribution is -2.41. The summed E-state index contributed by atoms with van der Waals surface area (Å²) in [6, 6.07) is 7.07. The molecule has 1 aromatic rings. The van der Waals surface area contributed by atoms with Gasteiger partial charge in [0.2, 0.25) is 0 Å². The zero-order valence-electron chi connectivity index (χ0n) is 14.2. The van der Waals surface area contributed by atoms with Gasteiger partial charge in [-0.3, -0.25) is 9.59 Å². The first kappa shape index (κ1) is 19.0. The largest absolute Gasteiger partial charge is 0.497 e. The van der Waals surface area contributed by atoms with E-state index >= 15 is 0 Å². The van der Waals surface area contributed by atoms with Gasteiger partial charge in [0.25, 0.3) is 0 Å². The number of hydrogen-bond donors (Lipinski definition) is 2. The van der Waals surface area contributed by atoms with Crippen LogP contribution >= 0.6 is 0 Å². The lowest BCUT2D eigenvalue weighted by molar-refractivity contribution is -0.139. The van der Waals surface area contributed by atoms with Crippen molar-refractivity contribution in [3.63, 3.8) is 0 Å². The van der Waals surface area contributed by atoms with E-state index in [-0.39, 0.29) is 12.1 Å². The highest BCUT2D eigenvalue weighted by atomic mass is 16.5. The van der Waals surface area contributed by atoms with Crippen LogP contribution < -0.4 is 15.4 Å². The van der Waals surface area contributed by atoms with Crippen LogP contribution in [0.4, 0.5) is 0 Å². The van der Waals surface area contributed by atoms with E-state index in [4.69, 9.17) is 9.47 Å². The fourth-order valence-electron chi connectivity index (χ4n) is 1.91. The number of rotatable bonds is 8. The van der Waals surface area contributed by atoms with Gasteiger partial charge in [0.15, 0.2) is 0 Å². The minimum atomic E-state index is -0.641. The van der Waals surface area contributed by atoms with Gasteiger partial charge in [-0.2, -0.15) is 0 Å². The summed E-state index contributed by atoms with van der Waals surface area (Å²) in [6.45, 7) is 6.69. The Kier molecular flexibility index (Phi) is 8.11. The van der Waals surface area contributed by atoms with Crippen molar-refractivity contribution < 1.29 is 19.1 Å². The minimum Gasteiger partial charge on any atom is -0.497 e. The number of carbonyl (C=O) groups is 2. The molecule has 1 atom stereocenters. The number of hydrogen-bond acceptors (Lipinski definition) is 4. The molecule has 128 valence electrons. The molecule has 2 amide bonds. The minimum absolute atomic E-state index is 0.166. The first-order valence-electron chi connectivity index (χ1n) is 7.78. The Hall–Kier alpha value is -2.08. The molecule has 6 heteroatoms. The molecule has 1 unspecified atom stereocenters. The second-order valence-corrected chi connectivity index (χ2v) is 5.50. The summed E-state index contributed by atoms with van der Waals surface area (Å²) < 4.78 is 10.4. The number of methoxy groups -OCH3 is 1. The molecule has 1 rings (SSSR count). The zero-order valence-corrected chi connectivity index (χ0v) is 14.2. The smallest absolute Gasteiger partial charge is 0.309 e. The Morgan fingerprint density at radius 3 is 2.30 bits per heavy atom. The van der Waals surface area contributed by atoms with Crippen LogP contribution in [0, 0.1) is 0 Å². The van der Waals surface area contributed by atoms with Gasteiger partial charge in [0, 0.05) is 13.2 Å². The standard InChI is InChI=1S/C17H26N2O4/c1-12(2)23-11-5-10-18-16(20)17(21)19-13(3)14-6-8-15(22-4)9-7-14/h6-9,12-13H,5,10-11H2,1-4H3,(H,18,20)(H,19,21). The molecule has 0 radical (unpaired) electrons. The Labute approximate surface area is 137 Å². The van der Waals surface area contributed by atoms with Crippen molar-refractivity contribution in [2.24, 2.45) is 0 Å². The summed E-state index contributed by atoms with van der Waals surface area (Å²) in [5.74, 6) is -0.526. The van der Waals surface area contributed by atoms with E-state index in [9.17, 15) is 9.59 Å². The van der Waals surface area contributed by atoms with Crippen molar-refractivity contribution in [1.82, 2.24) is 10.6 Å². The molecule has 6 nitrogen and oxygen atoms in total. The lowest BCUT2D eigenvalue weighted by atomic mass is 10.1. The van der Waals surface area contributed by atoms with Gasteiger partial charge in [-0.15, -0.1) is 0 Å². The van der Waals surface area contributed by atoms with Crippen LogP contribution in [0.25, 0.3) is 0 Å². The van der Waals surface area contributed by atoms with Gasteiger partial charge in [0.05, 0.1) is 19.3 Å². The predicted octanol–water partition coefficient (Wildman–Crippen LogP) is 1.80.